The number of benzene rings is 3. The van der Waals surface area contributed by atoms with E-state index in [9.17, 15) is 9.90 Å². The number of aromatic nitrogens is 1. The summed E-state index contributed by atoms with van der Waals surface area (Å²) in [7, 11) is 1.56. The molecule has 170 valence electrons. The van der Waals surface area contributed by atoms with Crippen molar-refractivity contribution in [2.45, 2.75) is 25.6 Å². The van der Waals surface area contributed by atoms with Gasteiger partial charge in [0.15, 0.2) is 17.1 Å². The molecule has 0 bridgehead atoms. The van der Waals surface area contributed by atoms with Crippen LogP contribution in [0.4, 0.5) is 6.01 Å². The van der Waals surface area contributed by atoms with Crippen LogP contribution in [0.3, 0.4) is 0 Å². The molecular formula is C26H21N3O5. The van der Waals surface area contributed by atoms with Crippen molar-refractivity contribution in [2.75, 3.05) is 12.0 Å². The Balaban J connectivity index is 1.52. The maximum Gasteiger partial charge on any atom is 0.326 e. The lowest BCUT2D eigenvalue weighted by atomic mass is 9.93. The SMILES string of the molecule is COc1ccc2c(c1OCc1ccccc1)C[C@@H](C(=O)O)N(c1nc3ccc(C#N)cc3o1)C2. The Morgan fingerprint density at radius 2 is 2.06 bits per heavy atom. The van der Waals surface area contributed by atoms with Gasteiger partial charge >= 0.3 is 5.97 Å². The first-order chi connectivity index (χ1) is 16.6. The average Bonchev–Trinajstić information content (AvgIpc) is 3.30. The van der Waals surface area contributed by atoms with E-state index < -0.39 is 12.0 Å². The number of fused-ring (bicyclic) bond motifs is 2. The van der Waals surface area contributed by atoms with E-state index in [0.717, 1.165) is 16.7 Å². The van der Waals surface area contributed by atoms with Crippen molar-refractivity contribution in [1.29, 1.82) is 5.26 Å². The van der Waals surface area contributed by atoms with Gasteiger partial charge in [-0.1, -0.05) is 36.4 Å². The maximum atomic E-state index is 12.3. The van der Waals surface area contributed by atoms with Crippen LogP contribution >= 0.6 is 0 Å². The van der Waals surface area contributed by atoms with Crippen molar-refractivity contribution >= 4 is 23.1 Å². The average molecular weight is 455 g/mol. The highest BCUT2D eigenvalue weighted by Gasteiger charge is 2.36. The molecule has 0 radical (unpaired) electrons. The molecule has 8 nitrogen and oxygen atoms in total. The molecule has 1 aliphatic heterocycles. The van der Waals surface area contributed by atoms with Crippen LogP contribution in [-0.4, -0.2) is 29.2 Å². The number of carboxylic acid groups (broad SMARTS) is 1. The van der Waals surface area contributed by atoms with E-state index in [1.54, 1.807) is 30.2 Å². The zero-order chi connectivity index (χ0) is 23.7. The van der Waals surface area contributed by atoms with Gasteiger partial charge in [-0.3, -0.25) is 0 Å². The lowest BCUT2D eigenvalue weighted by molar-refractivity contribution is -0.138. The summed E-state index contributed by atoms with van der Waals surface area (Å²) in [5.41, 5.74) is 4.14. The van der Waals surface area contributed by atoms with Crippen molar-refractivity contribution in [1.82, 2.24) is 4.98 Å². The van der Waals surface area contributed by atoms with E-state index in [1.165, 1.54) is 0 Å². The smallest absolute Gasteiger partial charge is 0.326 e. The van der Waals surface area contributed by atoms with Gasteiger partial charge in [0.2, 0.25) is 0 Å². The van der Waals surface area contributed by atoms with Gasteiger partial charge in [0.25, 0.3) is 6.01 Å². The number of hydrogen-bond donors (Lipinski definition) is 1. The van der Waals surface area contributed by atoms with Gasteiger partial charge in [-0.2, -0.15) is 10.2 Å². The third-order valence-corrected chi connectivity index (χ3v) is 5.92. The highest BCUT2D eigenvalue weighted by atomic mass is 16.5. The van der Waals surface area contributed by atoms with Gasteiger partial charge in [0.05, 0.1) is 18.7 Å². The number of hydrogen-bond acceptors (Lipinski definition) is 7. The molecule has 0 spiro atoms. The molecule has 0 amide bonds. The summed E-state index contributed by atoms with van der Waals surface area (Å²) in [6.07, 6.45) is 0.189. The first kappa shape index (κ1) is 21.3. The third-order valence-electron chi connectivity index (χ3n) is 5.92. The fraction of sp³-hybridized carbons (Fsp3) is 0.192. The molecule has 34 heavy (non-hydrogen) atoms. The first-order valence-corrected chi connectivity index (χ1v) is 10.7. The Labute approximate surface area is 195 Å². The Hall–Kier alpha value is -4.51. The van der Waals surface area contributed by atoms with Crippen LogP contribution in [0.25, 0.3) is 11.1 Å². The highest BCUT2D eigenvalue weighted by Crippen LogP contribution is 2.40. The summed E-state index contributed by atoms with van der Waals surface area (Å²) in [6.45, 7) is 0.609. The summed E-state index contributed by atoms with van der Waals surface area (Å²) in [4.78, 5) is 18.4. The van der Waals surface area contributed by atoms with Crippen molar-refractivity contribution in [3.63, 3.8) is 0 Å². The maximum absolute atomic E-state index is 12.3. The second-order valence-electron chi connectivity index (χ2n) is 7.99. The lowest BCUT2D eigenvalue weighted by Gasteiger charge is -2.34. The van der Waals surface area contributed by atoms with E-state index in [1.807, 2.05) is 42.5 Å². The molecule has 0 fully saturated rings. The van der Waals surface area contributed by atoms with Gasteiger partial charge in [-0.05, 0) is 29.3 Å². The monoisotopic (exact) mass is 455 g/mol. The van der Waals surface area contributed by atoms with E-state index in [-0.39, 0.29) is 19.0 Å². The highest BCUT2D eigenvalue weighted by molar-refractivity contribution is 5.81. The number of rotatable bonds is 6. The lowest BCUT2D eigenvalue weighted by Crippen LogP contribution is -2.46. The summed E-state index contributed by atoms with van der Waals surface area (Å²) in [5.74, 6) is 0.103. The largest absolute Gasteiger partial charge is 0.493 e. The Bertz CT molecular complexity index is 1410. The summed E-state index contributed by atoms with van der Waals surface area (Å²) >= 11 is 0. The van der Waals surface area contributed by atoms with Gasteiger partial charge < -0.3 is 23.9 Å². The molecule has 3 aromatic carbocycles. The standard InChI is InChI=1S/C26H21N3O5/c1-32-22-10-8-18-14-29(26-28-20-9-7-17(13-27)11-23(20)34-26)21(25(30)31)12-19(18)24(22)33-15-16-5-3-2-4-6-16/h2-11,21H,12,14-15H2,1H3,(H,30,31)/t21-/m0/s1. The van der Waals surface area contributed by atoms with Crippen molar-refractivity contribution in [3.8, 4) is 17.6 Å². The van der Waals surface area contributed by atoms with E-state index in [2.05, 4.69) is 11.1 Å². The van der Waals surface area contributed by atoms with Crippen molar-refractivity contribution in [2.24, 2.45) is 0 Å². The molecule has 1 N–H and O–H groups in total. The molecule has 0 saturated heterocycles. The molecule has 1 aliphatic rings. The fourth-order valence-electron chi connectivity index (χ4n) is 4.19. The van der Waals surface area contributed by atoms with Crippen LogP contribution in [0.15, 0.2) is 65.1 Å². The van der Waals surface area contributed by atoms with Crippen LogP contribution < -0.4 is 14.4 Å². The molecule has 8 heteroatoms. The van der Waals surface area contributed by atoms with Gasteiger partial charge in [-0.25, -0.2) is 4.79 Å². The molecule has 1 aromatic heterocycles. The van der Waals surface area contributed by atoms with Gasteiger partial charge in [0.1, 0.15) is 18.2 Å². The summed E-state index contributed by atoms with van der Waals surface area (Å²) in [6, 6.07) is 19.8. The van der Waals surface area contributed by atoms with Crippen LogP contribution in [0.5, 0.6) is 11.5 Å². The minimum Gasteiger partial charge on any atom is -0.493 e. The quantitative estimate of drug-likeness (QED) is 0.458. The molecule has 1 atom stereocenters. The first-order valence-electron chi connectivity index (χ1n) is 10.7. The van der Waals surface area contributed by atoms with E-state index in [0.29, 0.717) is 34.8 Å². The number of anilines is 1. The van der Waals surface area contributed by atoms with E-state index in [4.69, 9.17) is 19.2 Å². The number of nitriles is 1. The van der Waals surface area contributed by atoms with Crippen LogP contribution in [0.1, 0.15) is 22.3 Å². The zero-order valence-electron chi connectivity index (χ0n) is 18.4. The van der Waals surface area contributed by atoms with Crippen LogP contribution in [0.2, 0.25) is 0 Å². The number of carbonyl (C=O) groups is 1. The summed E-state index contributed by atoms with van der Waals surface area (Å²) < 4.78 is 17.5. The molecule has 5 rings (SSSR count). The molecule has 4 aromatic rings. The number of aliphatic carboxylic acids is 1. The molecule has 0 unspecified atom stereocenters. The van der Waals surface area contributed by atoms with Gasteiger partial charge in [-0.15, -0.1) is 0 Å². The van der Waals surface area contributed by atoms with Crippen molar-refractivity contribution < 1.29 is 23.8 Å². The molecule has 0 aliphatic carbocycles. The number of ether oxygens (including phenoxy) is 2. The minimum absolute atomic E-state index is 0.189. The van der Waals surface area contributed by atoms with E-state index >= 15 is 0 Å². The van der Waals surface area contributed by atoms with Crippen LogP contribution in [0, 0.1) is 11.3 Å². The van der Waals surface area contributed by atoms with Gasteiger partial charge in [0, 0.05) is 24.6 Å². The predicted octanol–water partition coefficient (Wildman–Crippen LogP) is 4.30. The number of nitrogens with zero attached hydrogens (tertiary/aromatic N) is 3. The molecule has 2 heterocycles. The Kier molecular flexibility index (Phi) is 5.52. The number of carboxylic acids is 1. The van der Waals surface area contributed by atoms with Crippen LogP contribution in [-0.2, 0) is 24.4 Å². The Morgan fingerprint density at radius 1 is 1.24 bits per heavy atom. The minimum atomic E-state index is -0.998. The topological polar surface area (TPSA) is 109 Å². The number of methoxy groups -OCH3 is 1. The fourth-order valence-corrected chi connectivity index (χ4v) is 4.19. The second kappa shape index (κ2) is 8.79. The molecule has 0 saturated carbocycles. The zero-order valence-corrected chi connectivity index (χ0v) is 18.4. The third kappa shape index (κ3) is 3.88. The summed E-state index contributed by atoms with van der Waals surface area (Å²) in [5, 5.41) is 19.2. The predicted molar refractivity (Wildman–Crippen MR) is 124 cm³/mol. The number of oxazole rings is 1. The Morgan fingerprint density at radius 3 is 2.79 bits per heavy atom. The normalized spacial score (nSPS) is 14.9. The molecular weight excluding hydrogens is 434 g/mol. The second-order valence-corrected chi connectivity index (χ2v) is 7.99. The van der Waals surface area contributed by atoms with Crippen molar-refractivity contribution in [3.05, 3.63) is 82.9 Å².